The van der Waals surface area contributed by atoms with Gasteiger partial charge in [0, 0.05) is 6.42 Å². The van der Waals surface area contributed by atoms with Gasteiger partial charge >= 0.3 is 5.97 Å². The summed E-state index contributed by atoms with van der Waals surface area (Å²) < 4.78 is 11.2. The quantitative estimate of drug-likeness (QED) is 0.801. The van der Waals surface area contributed by atoms with Crippen molar-refractivity contribution in [3.63, 3.8) is 0 Å². The number of rotatable bonds is 3. The van der Waals surface area contributed by atoms with Crippen LogP contribution in [0.1, 0.15) is 28.4 Å². The first kappa shape index (κ1) is 12.9. The van der Waals surface area contributed by atoms with Crippen molar-refractivity contribution in [1.82, 2.24) is 0 Å². The van der Waals surface area contributed by atoms with Gasteiger partial charge in [-0.3, -0.25) is 0 Å². The van der Waals surface area contributed by atoms with E-state index in [-0.39, 0.29) is 18.2 Å². The molecular formula is C17H16O3. The monoisotopic (exact) mass is 268 g/mol. The van der Waals surface area contributed by atoms with E-state index in [2.05, 4.69) is 0 Å². The molecule has 20 heavy (non-hydrogen) atoms. The molecular weight excluding hydrogens is 252 g/mol. The minimum absolute atomic E-state index is 0.0183. The fourth-order valence-electron chi connectivity index (χ4n) is 2.37. The van der Waals surface area contributed by atoms with Gasteiger partial charge in [-0.2, -0.15) is 0 Å². The lowest BCUT2D eigenvalue weighted by Crippen LogP contribution is -2.18. The van der Waals surface area contributed by atoms with Gasteiger partial charge in [0.2, 0.25) is 0 Å². The summed E-state index contributed by atoms with van der Waals surface area (Å²) in [5.74, 6) is -0.284. The Morgan fingerprint density at radius 3 is 2.35 bits per heavy atom. The Bertz CT molecular complexity index is 565. The fraction of sp³-hybridized carbons (Fsp3) is 0.235. The smallest absolute Gasteiger partial charge is 0.338 e. The molecule has 0 saturated carbocycles. The number of carbonyl (C=O) groups excluding carboxylic acids is 1. The highest BCUT2D eigenvalue weighted by Crippen LogP contribution is 2.30. The van der Waals surface area contributed by atoms with Gasteiger partial charge in [0.25, 0.3) is 0 Å². The van der Waals surface area contributed by atoms with E-state index >= 15 is 0 Å². The van der Waals surface area contributed by atoms with Crippen molar-refractivity contribution in [2.75, 3.05) is 6.61 Å². The van der Waals surface area contributed by atoms with Crippen LogP contribution in [0.2, 0.25) is 0 Å². The molecule has 1 saturated heterocycles. The van der Waals surface area contributed by atoms with Crippen LogP contribution in [-0.2, 0) is 9.47 Å². The van der Waals surface area contributed by atoms with E-state index in [0.29, 0.717) is 18.6 Å². The van der Waals surface area contributed by atoms with Crippen molar-refractivity contribution in [3.8, 4) is 0 Å². The van der Waals surface area contributed by atoms with Crippen molar-refractivity contribution in [2.45, 2.75) is 18.6 Å². The summed E-state index contributed by atoms with van der Waals surface area (Å²) in [5.41, 5.74) is 1.71. The van der Waals surface area contributed by atoms with Crippen LogP contribution in [0.3, 0.4) is 0 Å². The van der Waals surface area contributed by atoms with Gasteiger partial charge in [-0.15, -0.1) is 0 Å². The topological polar surface area (TPSA) is 35.5 Å². The van der Waals surface area contributed by atoms with Crippen molar-refractivity contribution in [3.05, 3.63) is 71.8 Å². The van der Waals surface area contributed by atoms with E-state index in [1.807, 2.05) is 48.5 Å². The molecule has 0 radical (unpaired) electrons. The predicted molar refractivity (Wildman–Crippen MR) is 75.4 cm³/mol. The summed E-state index contributed by atoms with van der Waals surface area (Å²) in [6.07, 6.45) is 0.556. The molecule has 0 amide bonds. The number of benzene rings is 2. The molecule has 3 rings (SSSR count). The summed E-state index contributed by atoms with van der Waals surface area (Å²) in [7, 11) is 0. The van der Waals surface area contributed by atoms with Crippen molar-refractivity contribution in [1.29, 1.82) is 0 Å². The minimum Gasteiger partial charge on any atom is -0.456 e. The molecule has 3 heteroatoms. The molecule has 0 unspecified atom stereocenters. The summed E-state index contributed by atoms with van der Waals surface area (Å²) in [4.78, 5) is 12.0. The Hall–Kier alpha value is -2.13. The Labute approximate surface area is 118 Å². The maximum atomic E-state index is 12.0. The van der Waals surface area contributed by atoms with Gasteiger partial charge in [0.15, 0.2) is 0 Å². The normalized spacial score (nSPS) is 21.6. The SMILES string of the molecule is O=C(O[C@H]1CO[C@@H](c2ccccc2)C1)c1ccccc1. The average Bonchev–Trinajstić information content (AvgIpc) is 2.97. The standard InChI is InChI=1S/C17H16O3/c18-17(14-9-5-2-6-10-14)20-15-11-16(19-12-15)13-7-3-1-4-8-13/h1-10,15-16H,11-12H2/t15-,16-/m1/s1. The van der Waals surface area contributed by atoms with Crippen LogP contribution in [0.4, 0.5) is 0 Å². The van der Waals surface area contributed by atoms with Crippen molar-refractivity contribution >= 4 is 5.97 Å². The molecule has 3 nitrogen and oxygen atoms in total. The highest BCUT2D eigenvalue weighted by molar-refractivity contribution is 5.89. The van der Waals surface area contributed by atoms with Crippen LogP contribution in [-0.4, -0.2) is 18.7 Å². The van der Waals surface area contributed by atoms with Crippen LogP contribution < -0.4 is 0 Å². The first-order chi connectivity index (χ1) is 9.83. The average molecular weight is 268 g/mol. The van der Waals surface area contributed by atoms with E-state index in [4.69, 9.17) is 9.47 Å². The maximum absolute atomic E-state index is 12.0. The van der Waals surface area contributed by atoms with Crippen LogP contribution in [0, 0.1) is 0 Å². The van der Waals surface area contributed by atoms with Crippen LogP contribution in [0.15, 0.2) is 60.7 Å². The Kier molecular flexibility index (Phi) is 3.79. The van der Waals surface area contributed by atoms with Gasteiger partial charge in [0.1, 0.15) is 6.10 Å². The molecule has 1 aliphatic rings. The number of carbonyl (C=O) groups is 1. The number of hydrogen-bond acceptors (Lipinski definition) is 3. The molecule has 1 fully saturated rings. The minimum atomic E-state index is -0.284. The first-order valence-electron chi connectivity index (χ1n) is 6.75. The summed E-state index contributed by atoms with van der Waals surface area (Å²) in [6, 6.07) is 19.1. The zero-order chi connectivity index (χ0) is 13.8. The van der Waals surface area contributed by atoms with E-state index in [0.717, 1.165) is 5.56 Å². The van der Waals surface area contributed by atoms with Gasteiger partial charge < -0.3 is 9.47 Å². The second kappa shape index (κ2) is 5.88. The Morgan fingerprint density at radius 1 is 1.00 bits per heavy atom. The number of esters is 1. The van der Waals surface area contributed by atoms with E-state index < -0.39 is 0 Å². The lowest BCUT2D eigenvalue weighted by atomic mass is 10.1. The van der Waals surface area contributed by atoms with Gasteiger partial charge in [-0.25, -0.2) is 4.79 Å². The second-order valence-electron chi connectivity index (χ2n) is 4.86. The molecule has 102 valence electrons. The molecule has 1 heterocycles. The Morgan fingerprint density at radius 2 is 1.65 bits per heavy atom. The molecule has 2 aromatic rings. The largest absolute Gasteiger partial charge is 0.456 e. The summed E-state index contributed by atoms with van der Waals surface area (Å²) in [5, 5.41) is 0. The number of hydrogen-bond donors (Lipinski definition) is 0. The fourth-order valence-corrected chi connectivity index (χ4v) is 2.37. The maximum Gasteiger partial charge on any atom is 0.338 e. The molecule has 2 aromatic carbocycles. The van der Waals surface area contributed by atoms with Crippen LogP contribution in [0.25, 0.3) is 0 Å². The zero-order valence-electron chi connectivity index (χ0n) is 11.1. The highest BCUT2D eigenvalue weighted by atomic mass is 16.6. The molecule has 0 spiro atoms. The van der Waals surface area contributed by atoms with Crippen molar-refractivity contribution < 1.29 is 14.3 Å². The van der Waals surface area contributed by atoms with E-state index in [9.17, 15) is 4.79 Å². The summed E-state index contributed by atoms with van der Waals surface area (Å²) >= 11 is 0. The lowest BCUT2D eigenvalue weighted by molar-refractivity contribution is 0.0254. The van der Waals surface area contributed by atoms with Gasteiger partial charge in [-0.05, 0) is 17.7 Å². The lowest BCUT2D eigenvalue weighted by Gasteiger charge is -2.11. The molecule has 1 aliphatic heterocycles. The first-order valence-corrected chi connectivity index (χ1v) is 6.75. The highest BCUT2D eigenvalue weighted by Gasteiger charge is 2.29. The second-order valence-corrected chi connectivity index (χ2v) is 4.86. The summed E-state index contributed by atoms with van der Waals surface area (Å²) in [6.45, 7) is 0.456. The third kappa shape index (κ3) is 2.89. The van der Waals surface area contributed by atoms with Crippen molar-refractivity contribution in [2.24, 2.45) is 0 Å². The van der Waals surface area contributed by atoms with Crippen LogP contribution in [0.5, 0.6) is 0 Å². The molecule has 2 atom stereocenters. The zero-order valence-corrected chi connectivity index (χ0v) is 11.1. The van der Waals surface area contributed by atoms with Gasteiger partial charge in [-0.1, -0.05) is 48.5 Å². The van der Waals surface area contributed by atoms with Crippen LogP contribution >= 0.6 is 0 Å². The van der Waals surface area contributed by atoms with E-state index in [1.165, 1.54) is 0 Å². The number of ether oxygens (including phenoxy) is 2. The van der Waals surface area contributed by atoms with Gasteiger partial charge in [0.05, 0.1) is 18.3 Å². The van der Waals surface area contributed by atoms with E-state index in [1.54, 1.807) is 12.1 Å². The molecule has 0 aromatic heterocycles. The molecule has 0 N–H and O–H groups in total. The predicted octanol–water partition coefficient (Wildman–Crippen LogP) is 3.37. The molecule has 0 aliphatic carbocycles. The Balaban J connectivity index is 1.60. The molecule has 0 bridgehead atoms. The third-order valence-corrected chi connectivity index (χ3v) is 3.41. The third-order valence-electron chi connectivity index (χ3n) is 3.41.